The zero-order valence-electron chi connectivity index (χ0n) is 47.0. The number of nitrogens with one attached hydrogen (secondary N) is 1. The maximum Gasteiger partial charge on any atom is 0.329 e. The summed E-state index contributed by atoms with van der Waals surface area (Å²) in [5.41, 5.74) is 1.08. The fraction of sp³-hybridized carbons (Fsp3) is 0.823. The number of hydrogen-bond donors (Lipinski definition) is 1. The Morgan fingerprint density at radius 1 is 0.575 bits per heavy atom. The first-order valence-corrected chi connectivity index (χ1v) is 30.5. The van der Waals surface area contributed by atoms with Crippen molar-refractivity contribution in [2.75, 3.05) is 19.8 Å². The summed E-state index contributed by atoms with van der Waals surface area (Å²) in [6.45, 7) is 7.78. The van der Waals surface area contributed by atoms with Gasteiger partial charge in [-0.15, -0.1) is 0 Å². The minimum atomic E-state index is -1.01. The molecule has 0 radical (unpaired) electrons. The fourth-order valence-electron chi connectivity index (χ4n) is 11.0. The Bertz CT molecular complexity index is 1540. The van der Waals surface area contributed by atoms with E-state index in [4.69, 9.17) is 18.9 Å². The molecular weight excluding hydrogens is 917 g/mol. The van der Waals surface area contributed by atoms with E-state index >= 15 is 0 Å². The van der Waals surface area contributed by atoms with E-state index in [1.54, 1.807) is 18.7 Å². The highest BCUT2D eigenvalue weighted by Gasteiger charge is 2.50. The number of rotatable bonds is 46. The summed E-state index contributed by atoms with van der Waals surface area (Å²) in [6, 6.07) is 7.41. The standard InChI is InChI=1S/C62H106N2O9/c1-5-8-10-12-14-16-18-20-22-24-26-28-30-32-37-44-58(65)71-49-54(50-72-59(66)45-38-33-31-29-27-25-23-21-19-17-15-13-11-9-6-2)73-62(69)57-48-53-42-39-43-56(53)64(57)60(67)51(4)63-55(61(68)70-7-3)47-46-52-40-35-34-36-41-52/h34-36,40-41,51,53-57,63H,5-33,37-39,42-50H2,1-4H3/t51-,53-,55-,56-,57-/m0/s1. The molecule has 11 nitrogen and oxygen atoms in total. The number of esters is 4. The predicted octanol–water partition coefficient (Wildman–Crippen LogP) is 14.8. The predicted molar refractivity (Wildman–Crippen MR) is 295 cm³/mol. The van der Waals surface area contributed by atoms with Crippen LogP contribution in [0.15, 0.2) is 30.3 Å². The number of benzene rings is 1. The van der Waals surface area contributed by atoms with Gasteiger partial charge < -0.3 is 23.8 Å². The summed E-state index contributed by atoms with van der Waals surface area (Å²) >= 11 is 0. The van der Waals surface area contributed by atoms with Gasteiger partial charge in [-0.05, 0) is 70.3 Å². The molecule has 1 aliphatic heterocycles. The van der Waals surface area contributed by atoms with Crippen molar-refractivity contribution < 1.29 is 42.9 Å². The van der Waals surface area contributed by atoms with Gasteiger partial charge in [0.1, 0.15) is 25.3 Å². The summed E-state index contributed by atoms with van der Waals surface area (Å²) in [6.07, 6.45) is 40.9. The second kappa shape index (κ2) is 41.7. The van der Waals surface area contributed by atoms with E-state index in [0.29, 0.717) is 19.3 Å². The van der Waals surface area contributed by atoms with Gasteiger partial charge in [-0.3, -0.25) is 24.5 Å². The number of unbranched alkanes of at least 4 members (excludes halogenated alkanes) is 28. The third-order valence-corrected chi connectivity index (χ3v) is 15.4. The second-order valence-electron chi connectivity index (χ2n) is 21.8. The van der Waals surface area contributed by atoms with Crippen molar-refractivity contribution in [2.45, 2.75) is 302 Å². The van der Waals surface area contributed by atoms with Crippen LogP contribution in [0.2, 0.25) is 0 Å². The molecule has 0 aromatic heterocycles. The smallest absolute Gasteiger partial charge is 0.329 e. The number of fused-ring (bicyclic) bond motifs is 1. The maximum absolute atomic E-state index is 14.4. The number of carbonyl (C=O) groups is 5. The molecule has 2 aliphatic rings. The quantitative estimate of drug-likeness (QED) is 0.0382. The van der Waals surface area contributed by atoms with E-state index in [9.17, 15) is 24.0 Å². The molecule has 0 bridgehead atoms. The van der Waals surface area contributed by atoms with Gasteiger partial charge in [-0.1, -0.05) is 230 Å². The first-order chi connectivity index (χ1) is 35.7. The van der Waals surface area contributed by atoms with Crippen LogP contribution >= 0.6 is 0 Å². The number of carbonyl (C=O) groups excluding carboxylic acids is 5. The van der Waals surface area contributed by atoms with Crippen LogP contribution in [0.3, 0.4) is 0 Å². The molecule has 2 fully saturated rings. The highest BCUT2D eigenvalue weighted by Crippen LogP contribution is 2.42. The van der Waals surface area contributed by atoms with Crippen molar-refractivity contribution in [1.29, 1.82) is 0 Å². The van der Waals surface area contributed by atoms with Gasteiger partial charge in [0.2, 0.25) is 5.91 Å². The van der Waals surface area contributed by atoms with Gasteiger partial charge in [0.05, 0.1) is 12.6 Å². The molecular formula is C62H106N2O9. The third kappa shape index (κ3) is 28.9. The molecule has 1 N–H and O–H groups in total. The fourth-order valence-corrected chi connectivity index (χ4v) is 11.0. The van der Waals surface area contributed by atoms with Crippen molar-refractivity contribution in [3.05, 3.63) is 35.9 Å². The van der Waals surface area contributed by atoms with Gasteiger partial charge in [0, 0.05) is 18.9 Å². The number of ether oxygens (including phenoxy) is 4. The molecule has 5 atom stereocenters. The lowest BCUT2D eigenvalue weighted by molar-refractivity contribution is -0.171. The number of nitrogens with zero attached hydrogens (tertiary/aromatic N) is 1. The highest BCUT2D eigenvalue weighted by molar-refractivity contribution is 5.89. The lowest BCUT2D eigenvalue weighted by Gasteiger charge is -2.33. The van der Waals surface area contributed by atoms with Crippen molar-refractivity contribution in [3.8, 4) is 0 Å². The first kappa shape index (κ1) is 63.8. The topological polar surface area (TPSA) is 138 Å². The molecule has 1 saturated carbocycles. The van der Waals surface area contributed by atoms with Gasteiger partial charge in [-0.25, -0.2) is 4.79 Å². The van der Waals surface area contributed by atoms with Crippen LogP contribution in [0.1, 0.15) is 271 Å². The van der Waals surface area contributed by atoms with Crippen LogP contribution in [0.4, 0.5) is 0 Å². The van der Waals surface area contributed by atoms with Crippen LogP contribution in [0.5, 0.6) is 0 Å². The van der Waals surface area contributed by atoms with Crippen LogP contribution < -0.4 is 5.32 Å². The normalized spacial score (nSPS) is 17.1. The minimum Gasteiger partial charge on any atom is -0.465 e. The minimum absolute atomic E-state index is 0.126. The Labute approximate surface area is 444 Å². The number of amides is 1. The Morgan fingerprint density at radius 2 is 1.01 bits per heavy atom. The molecule has 0 spiro atoms. The summed E-state index contributed by atoms with van der Waals surface area (Å²) in [7, 11) is 0. The van der Waals surface area contributed by atoms with Crippen molar-refractivity contribution in [1.82, 2.24) is 10.2 Å². The monoisotopic (exact) mass is 1020 g/mol. The molecule has 1 heterocycles. The average molecular weight is 1020 g/mol. The molecule has 0 unspecified atom stereocenters. The second-order valence-corrected chi connectivity index (χ2v) is 21.8. The Balaban J connectivity index is 1.50. The molecule has 1 aliphatic carbocycles. The van der Waals surface area contributed by atoms with Gasteiger partial charge in [-0.2, -0.15) is 0 Å². The maximum atomic E-state index is 14.4. The van der Waals surface area contributed by atoms with E-state index in [1.807, 2.05) is 30.3 Å². The Morgan fingerprint density at radius 3 is 1.45 bits per heavy atom. The zero-order valence-corrected chi connectivity index (χ0v) is 47.0. The highest BCUT2D eigenvalue weighted by atomic mass is 16.6. The SMILES string of the molecule is CCCCCCCCCCCCCCCCCC(=O)OCC(COC(=O)CCCCCCCCCCCCCCCCC)OC(=O)[C@@H]1C[C@@H]2CCC[C@@H]2N1C(=O)[C@H](C)N[C@@H](CCc1ccccc1)C(=O)OCC. The van der Waals surface area contributed by atoms with Crippen molar-refractivity contribution in [2.24, 2.45) is 5.92 Å². The van der Waals surface area contributed by atoms with Gasteiger partial charge in [0.15, 0.2) is 6.10 Å². The molecule has 1 aromatic carbocycles. The average Bonchev–Trinajstić information content (AvgIpc) is 4.01. The van der Waals surface area contributed by atoms with E-state index in [0.717, 1.165) is 63.4 Å². The van der Waals surface area contributed by atoms with Crippen molar-refractivity contribution in [3.63, 3.8) is 0 Å². The largest absolute Gasteiger partial charge is 0.465 e. The molecule has 1 amide bonds. The van der Waals surface area contributed by atoms with Crippen molar-refractivity contribution >= 4 is 29.8 Å². The molecule has 3 rings (SSSR count). The summed E-state index contributed by atoms with van der Waals surface area (Å²) in [5, 5.41) is 3.26. The van der Waals surface area contributed by atoms with Crippen LogP contribution in [0, 0.1) is 5.92 Å². The lowest BCUT2D eigenvalue weighted by Crippen LogP contribution is -2.55. The Hall–Kier alpha value is -3.47. The number of likely N-dealkylation sites (tertiary alicyclic amines) is 1. The molecule has 1 aromatic rings. The van der Waals surface area contributed by atoms with Gasteiger partial charge in [0.25, 0.3) is 0 Å². The summed E-state index contributed by atoms with van der Waals surface area (Å²) in [5.74, 6) is -1.87. The van der Waals surface area contributed by atoms with Crippen LogP contribution in [0.25, 0.3) is 0 Å². The van der Waals surface area contributed by atoms with Crippen LogP contribution in [-0.2, 0) is 49.3 Å². The lowest BCUT2D eigenvalue weighted by atomic mass is 10.0. The van der Waals surface area contributed by atoms with E-state index < -0.39 is 36.2 Å². The molecule has 418 valence electrons. The first-order valence-electron chi connectivity index (χ1n) is 30.5. The Kier molecular flexibility index (Phi) is 36.5. The van der Waals surface area contributed by atoms with E-state index in [2.05, 4.69) is 19.2 Å². The molecule has 11 heteroatoms. The summed E-state index contributed by atoms with van der Waals surface area (Å²) < 4.78 is 22.9. The third-order valence-electron chi connectivity index (χ3n) is 15.4. The zero-order chi connectivity index (χ0) is 52.6. The van der Waals surface area contributed by atoms with E-state index in [-0.39, 0.29) is 62.5 Å². The van der Waals surface area contributed by atoms with Crippen LogP contribution in [-0.4, -0.2) is 84.8 Å². The van der Waals surface area contributed by atoms with E-state index in [1.165, 1.54) is 154 Å². The molecule has 1 saturated heterocycles. The summed E-state index contributed by atoms with van der Waals surface area (Å²) in [4.78, 5) is 69.6. The number of aryl methyl sites for hydroxylation is 1. The van der Waals surface area contributed by atoms with Gasteiger partial charge >= 0.3 is 23.9 Å². The number of hydrogen-bond acceptors (Lipinski definition) is 10. The molecule has 73 heavy (non-hydrogen) atoms.